The van der Waals surface area contributed by atoms with Crippen molar-refractivity contribution in [1.82, 2.24) is 4.57 Å². The summed E-state index contributed by atoms with van der Waals surface area (Å²) in [5.41, 5.74) is 4.04. The monoisotopic (exact) mass is 667 g/mol. The third-order valence-electron chi connectivity index (χ3n) is 7.97. The fourth-order valence-electron chi connectivity index (χ4n) is 5.52. The highest BCUT2D eigenvalue weighted by molar-refractivity contribution is 7.07. The number of anilines is 1. The average molecular weight is 668 g/mol. The number of thiazole rings is 1. The number of nitrogens with one attached hydrogen (secondary N) is 1. The van der Waals surface area contributed by atoms with E-state index in [0.717, 1.165) is 17.7 Å². The van der Waals surface area contributed by atoms with E-state index in [1.54, 1.807) is 55.0 Å². The molecule has 0 bridgehead atoms. The molecule has 48 heavy (non-hydrogen) atoms. The lowest BCUT2D eigenvalue weighted by Gasteiger charge is -2.25. The van der Waals surface area contributed by atoms with Crippen LogP contribution in [0, 0.1) is 18.6 Å². The van der Waals surface area contributed by atoms with Crippen molar-refractivity contribution in [3.8, 4) is 17.2 Å². The number of ether oxygens (including phenoxy) is 3. The van der Waals surface area contributed by atoms with Crippen LogP contribution in [0.15, 0.2) is 106 Å². The van der Waals surface area contributed by atoms with Crippen LogP contribution in [-0.2, 0) is 11.4 Å². The molecule has 0 fully saturated rings. The molecular weight excluding hydrogens is 636 g/mol. The second kappa shape index (κ2) is 13.7. The van der Waals surface area contributed by atoms with E-state index in [2.05, 4.69) is 5.32 Å². The Hall–Kier alpha value is -5.55. The van der Waals surface area contributed by atoms with Gasteiger partial charge in [-0.05, 0) is 79.1 Å². The van der Waals surface area contributed by atoms with Crippen LogP contribution in [0.4, 0.5) is 14.5 Å². The summed E-state index contributed by atoms with van der Waals surface area (Å²) in [5, 5.41) is 3.01. The first-order chi connectivity index (χ1) is 23.2. The van der Waals surface area contributed by atoms with E-state index < -0.39 is 17.7 Å². The molecular formula is C37H31F2N3O5S. The van der Waals surface area contributed by atoms with Crippen molar-refractivity contribution in [1.29, 1.82) is 0 Å². The number of nitrogens with zero attached hydrogens (tertiary/aromatic N) is 2. The smallest absolute Gasteiger partial charge is 0.271 e. The van der Waals surface area contributed by atoms with Gasteiger partial charge in [-0.1, -0.05) is 47.7 Å². The molecule has 6 rings (SSSR count). The molecule has 244 valence electrons. The summed E-state index contributed by atoms with van der Waals surface area (Å²) in [6.45, 7) is 3.61. The van der Waals surface area contributed by atoms with Gasteiger partial charge in [-0.2, -0.15) is 0 Å². The highest BCUT2D eigenvalue weighted by atomic mass is 32.1. The Labute approximate surface area is 278 Å². The molecule has 0 saturated heterocycles. The van der Waals surface area contributed by atoms with Crippen molar-refractivity contribution >= 4 is 29.0 Å². The maximum Gasteiger partial charge on any atom is 0.271 e. The Kier molecular flexibility index (Phi) is 9.22. The summed E-state index contributed by atoms with van der Waals surface area (Å²) in [5.74, 6) is -0.856. The highest BCUT2D eigenvalue weighted by Gasteiger charge is 2.32. The first-order valence-electron chi connectivity index (χ1n) is 14.9. The molecule has 4 aromatic carbocycles. The van der Waals surface area contributed by atoms with Crippen LogP contribution in [0.25, 0.3) is 6.08 Å². The second-order valence-electron chi connectivity index (χ2n) is 11.1. The zero-order valence-electron chi connectivity index (χ0n) is 26.5. The van der Waals surface area contributed by atoms with Gasteiger partial charge < -0.3 is 19.5 Å². The van der Waals surface area contributed by atoms with E-state index in [-0.39, 0.29) is 23.8 Å². The Morgan fingerprint density at radius 3 is 2.42 bits per heavy atom. The lowest BCUT2D eigenvalue weighted by atomic mass is 9.95. The lowest BCUT2D eigenvalue weighted by Crippen LogP contribution is -2.40. The molecule has 1 atom stereocenters. The number of amides is 1. The quantitative estimate of drug-likeness (QED) is 0.207. The van der Waals surface area contributed by atoms with Gasteiger partial charge in [0.15, 0.2) is 16.4 Å². The molecule has 5 aromatic rings. The van der Waals surface area contributed by atoms with Gasteiger partial charge in [-0.3, -0.25) is 14.2 Å². The number of benzene rings is 4. The molecule has 0 unspecified atom stereocenters. The molecule has 1 aliphatic heterocycles. The Balaban J connectivity index is 1.41. The van der Waals surface area contributed by atoms with Gasteiger partial charge in [0.25, 0.3) is 11.5 Å². The molecule has 8 nitrogen and oxygen atoms in total. The number of halogens is 2. The number of methoxy groups -OCH3 is 2. The average Bonchev–Trinajstić information content (AvgIpc) is 3.38. The number of allylic oxidation sites excluding steroid dienone is 1. The molecule has 1 amide bonds. The van der Waals surface area contributed by atoms with Crippen LogP contribution >= 0.6 is 11.3 Å². The van der Waals surface area contributed by atoms with Gasteiger partial charge in [0, 0.05) is 17.3 Å². The SMILES string of the molecule is COc1ccc([C@H]2C(C(=O)Nc3ccccc3C)=C(C)N=c3s/c(=C/c4ccc(OC)c(COc5ccc(F)cc5F)c4)c(=O)n32)cc1. The van der Waals surface area contributed by atoms with E-state index in [9.17, 15) is 18.4 Å². The number of aromatic nitrogens is 1. The minimum atomic E-state index is -0.820. The number of hydrogen-bond donors (Lipinski definition) is 1. The molecule has 11 heteroatoms. The molecule has 1 aliphatic rings. The summed E-state index contributed by atoms with van der Waals surface area (Å²) < 4.78 is 46.0. The number of aryl methyl sites for hydroxylation is 1. The van der Waals surface area contributed by atoms with E-state index in [4.69, 9.17) is 19.2 Å². The van der Waals surface area contributed by atoms with Crippen LogP contribution in [-0.4, -0.2) is 24.7 Å². The number of carbonyl (C=O) groups excluding carboxylic acids is 1. The summed E-state index contributed by atoms with van der Waals surface area (Å²) in [6, 6.07) is 22.3. The highest BCUT2D eigenvalue weighted by Crippen LogP contribution is 2.32. The Bertz CT molecular complexity index is 2240. The second-order valence-corrected chi connectivity index (χ2v) is 12.1. The van der Waals surface area contributed by atoms with Crippen LogP contribution in [0.3, 0.4) is 0 Å². The number of rotatable bonds is 9. The third kappa shape index (κ3) is 6.50. The largest absolute Gasteiger partial charge is 0.497 e. The van der Waals surface area contributed by atoms with Gasteiger partial charge in [0.1, 0.15) is 23.9 Å². The van der Waals surface area contributed by atoms with Crippen molar-refractivity contribution in [2.24, 2.45) is 4.99 Å². The predicted octanol–water partition coefficient (Wildman–Crippen LogP) is 6.06. The van der Waals surface area contributed by atoms with Crippen molar-refractivity contribution in [2.75, 3.05) is 19.5 Å². The van der Waals surface area contributed by atoms with E-state index in [1.807, 2.05) is 43.3 Å². The molecule has 1 aromatic heterocycles. The first kappa shape index (κ1) is 32.4. The Morgan fingerprint density at radius 1 is 0.958 bits per heavy atom. The summed E-state index contributed by atoms with van der Waals surface area (Å²) >= 11 is 1.21. The van der Waals surface area contributed by atoms with Crippen LogP contribution < -0.4 is 34.4 Å². The van der Waals surface area contributed by atoms with Crippen molar-refractivity contribution in [3.63, 3.8) is 0 Å². The summed E-state index contributed by atoms with van der Waals surface area (Å²) in [6.07, 6.45) is 1.72. The first-order valence-corrected chi connectivity index (χ1v) is 15.8. The fraction of sp³-hybridized carbons (Fsp3) is 0.162. The van der Waals surface area contributed by atoms with Gasteiger partial charge in [-0.15, -0.1) is 0 Å². The zero-order chi connectivity index (χ0) is 33.9. The summed E-state index contributed by atoms with van der Waals surface area (Å²) in [4.78, 5) is 33.3. The van der Waals surface area contributed by atoms with Crippen molar-refractivity contribution in [3.05, 3.63) is 150 Å². The van der Waals surface area contributed by atoms with Crippen molar-refractivity contribution < 1.29 is 27.8 Å². The van der Waals surface area contributed by atoms with Crippen molar-refractivity contribution in [2.45, 2.75) is 26.5 Å². The normalized spacial score (nSPS) is 14.3. The van der Waals surface area contributed by atoms with Gasteiger partial charge in [-0.25, -0.2) is 13.8 Å². The number of carbonyl (C=O) groups is 1. The van der Waals surface area contributed by atoms with Gasteiger partial charge in [0.2, 0.25) is 0 Å². The maximum absolute atomic E-state index is 14.2. The van der Waals surface area contributed by atoms with Gasteiger partial charge >= 0.3 is 0 Å². The Morgan fingerprint density at radius 2 is 1.71 bits per heavy atom. The standard InChI is InChI=1S/C37H31F2N3O5S/c1-21-7-5-6-8-29(21)41-35(43)33-22(2)40-37-42(34(33)24-10-13-27(45-3)14-11-24)36(44)32(48-37)18-23-9-15-30(46-4)25(17-23)20-47-31-16-12-26(38)19-28(31)39/h5-19,34H,20H2,1-4H3,(H,41,43)/b32-18+/t34-/m0/s1. The summed E-state index contributed by atoms with van der Waals surface area (Å²) in [7, 11) is 3.07. The van der Waals surface area contributed by atoms with E-state index in [0.29, 0.717) is 54.5 Å². The fourth-order valence-corrected chi connectivity index (χ4v) is 6.56. The number of para-hydroxylation sites is 1. The zero-order valence-corrected chi connectivity index (χ0v) is 27.4. The molecule has 0 aliphatic carbocycles. The maximum atomic E-state index is 14.2. The predicted molar refractivity (Wildman–Crippen MR) is 180 cm³/mol. The van der Waals surface area contributed by atoms with Crippen LogP contribution in [0.2, 0.25) is 0 Å². The molecule has 0 spiro atoms. The number of hydrogen-bond acceptors (Lipinski definition) is 7. The molecule has 2 heterocycles. The molecule has 0 saturated carbocycles. The molecule has 1 N–H and O–H groups in total. The van der Waals surface area contributed by atoms with E-state index >= 15 is 0 Å². The number of fused-ring (bicyclic) bond motifs is 1. The topological polar surface area (TPSA) is 91.2 Å². The lowest BCUT2D eigenvalue weighted by molar-refractivity contribution is -0.113. The van der Waals surface area contributed by atoms with Crippen LogP contribution in [0.5, 0.6) is 17.2 Å². The minimum Gasteiger partial charge on any atom is -0.497 e. The third-order valence-corrected chi connectivity index (χ3v) is 8.95. The van der Waals surface area contributed by atoms with Crippen LogP contribution in [0.1, 0.15) is 35.2 Å². The minimum absolute atomic E-state index is 0.0648. The van der Waals surface area contributed by atoms with E-state index in [1.165, 1.54) is 24.5 Å². The molecule has 0 radical (unpaired) electrons. The van der Waals surface area contributed by atoms with Gasteiger partial charge in [0.05, 0.1) is 36.1 Å².